The molecule has 2 amide bonds. The van der Waals surface area contributed by atoms with E-state index in [4.69, 9.17) is 4.74 Å². The number of nitrogens with one attached hydrogen (secondary N) is 1. The number of nitrogens with zero attached hydrogens (tertiary/aromatic N) is 1. The van der Waals surface area contributed by atoms with E-state index in [1.54, 1.807) is 19.1 Å². The Labute approximate surface area is 184 Å². The minimum atomic E-state index is -0.702. The first-order valence-corrected chi connectivity index (χ1v) is 10.5. The van der Waals surface area contributed by atoms with Crippen molar-refractivity contribution in [2.75, 3.05) is 6.61 Å². The highest BCUT2D eigenvalue weighted by Gasteiger charge is 2.27. The van der Waals surface area contributed by atoms with Crippen LogP contribution in [0.2, 0.25) is 0 Å². The van der Waals surface area contributed by atoms with Crippen LogP contribution in [-0.2, 0) is 21.5 Å². The molecule has 1 unspecified atom stereocenters. The average Bonchev–Trinajstić information content (AvgIpc) is 2.70. The van der Waals surface area contributed by atoms with Crippen LogP contribution in [0.25, 0.3) is 0 Å². The van der Waals surface area contributed by atoms with Crippen molar-refractivity contribution < 1.29 is 18.7 Å². The maximum absolute atomic E-state index is 13.3. The van der Waals surface area contributed by atoms with Crippen LogP contribution in [0.5, 0.6) is 5.75 Å². The number of carbonyl (C=O) groups is 2. The lowest BCUT2D eigenvalue weighted by atomic mass is 9.87. The Hall–Kier alpha value is -2.89. The van der Waals surface area contributed by atoms with Gasteiger partial charge in [0.25, 0.3) is 5.91 Å². The van der Waals surface area contributed by atoms with Crippen LogP contribution in [-0.4, -0.2) is 35.4 Å². The third-order valence-electron chi connectivity index (χ3n) is 4.95. The summed E-state index contributed by atoms with van der Waals surface area (Å²) in [5.74, 6) is -0.341. The molecule has 2 rings (SSSR count). The highest BCUT2D eigenvalue weighted by molar-refractivity contribution is 5.88. The second-order valence-electron chi connectivity index (χ2n) is 9.05. The summed E-state index contributed by atoms with van der Waals surface area (Å²) in [6, 6.07) is 12.8. The molecule has 1 atom stereocenters. The standard InChI is InChI=1S/C25H33FN2O3/c1-17(2)27-24(30)18(3)28(15-19-7-11-21(26)12-8-19)23(29)16-31-22-13-9-20(10-14-22)25(4,5)6/h7-14,17-18H,15-16H2,1-6H3,(H,27,30). The van der Waals surface area contributed by atoms with Crippen LogP contribution in [0.15, 0.2) is 48.5 Å². The largest absolute Gasteiger partial charge is 0.484 e. The third-order valence-corrected chi connectivity index (χ3v) is 4.95. The van der Waals surface area contributed by atoms with Crippen molar-refractivity contribution in [1.82, 2.24) is 10.2 Å². The second kappa shape index (κ2) is 10.4. The Bertz CT molecular complexity index is 871. The molecule has 0 heterocycles. The number of amides is 2. The van der Waals surface area contributed by atoms with E-state index < -0.39 is 6.04 Å². The highest BCUT2D eigenvalue weighted by atomic mass is 19.1. The molecule has 0 aliphatic heterocycles. The predicted molar refractivity (Wildman–Crippen MR) is 120 cm³/mol. The van der Waals surface area contributed by atoms with Crippen LogP contribution < -0.4 is 10.1 Å². The fraction of sp³-hybridized carbons (Fsp3) is 0.440. The van der Waals surface area contributed by atoms with E-state index in [-0.39, 0.29) is 42.2 Å². The molecule has 0 aliphatic carbocycles. The SMILES string of the molecule is CC(C)NC(=O)C(C)N(Cc1ccc(F)cc1)C(=O)COc1ccc(C(C)(C)C)cc1. The molecule has 0 aliphatic rings. The molecule has 0 fully saturated rings. The molecule has 5 nitrogen and oxygen atoms in total. The predicted octanol–water partition coefficient (Wildman–Crippen LogP) is 4.44. The maximum atomic E-state index is 13.3. The molecule has 2 aromatic carbocycles. The Morgan fingerprint density at radius 1 is 1.00 bits per heavy atom. The zero-order valence-corrected chi connectivity index (χ0v) is 19.2. The van der Waals surface area contributed by atoms with Gasteiger partial charge in [0.15, 0.2) is 6.61 Å². The van der Waals surface area contributed by atoms with Crippen LogP contribution in [0.3, 0.4) is 0 Å². The van der Waals surface area contributed by atoms with Gasteiger partial charge < -0.3 is 15.0 Å². The van der Waals surface area contributed by atoms with Gasteiger partial charge in [0.1, 0.15) is 17.6 Å². The van der Waals surface area contributed by atoms with Crippen molar-refractivity contribution in [3.05, 3.63) is 65.5 Å². The van der Waals surface area contributed by atoms with Gasteiger partial charge in [-0.2, -0.15) is 0 Å². The van der Waals surface area contributed by atoms with E-state index in [1.165, 1.54) is 22.6 Å². The Morgan fingerprint density at radius 3 is 2.10 bits per heavy atom. The first-order valence-electron chi connectivity index (χ1n) is 10.5. The van der Waals surface area contributed by atoms with E-state index in [2.05, 4.69) is 26.1 Å². The van der Waals surface area contributed by atoms with Crippen molar-refractivity contribution in [1.29, 1.82) is 0 Å². The summed E-state index contributed by atoms with van der Waals surface area (Å²) in [6.07, 6.45) is 0. The normalized spacial score (nSPS) is 12.4. The lowest BCUT2D eigenvalue weighted by Crippen LogP contribution is -2.50. The van der Waals surface area contributed by atoms with Crippen LogP contribution in [0, 0.1) is 5.82 Å². The zero-order valence-electron chi connectivity index (χ0n) is 19.2. The van der Waals surface area contributed by atoms with E-state index >= 15 is 0 Å². The number of halogens is 1. The molecular formula is C25H33FN2O3. The molecule has 1 N–H and O–H groups in total. The zero-order chi connectivity index (χ0) is 23.2. The van der Waals surface area contributed by atoms with Crippen molar-refractivity contribution in [3.63, 3.8) is 0 Å². The van der Waals surface area contributed by atoms with Gasteiger partial charge in [0.05, 0.1) is 0 Å². The summed E-state index contributed by atoms with van der Waals surface area (Å²) in [5, 5.41) is 2.83. The topological polar surface area (TPSA) is 58.6 Å². The van der Waals surface area contributed by atoms with Crippen LogP contribution >= 0.6 is 0 Å². The fourth-order valence-electron chi connectivity index (χ4n) is 3.05. The molecule has 0 aromatic heterocycles. The quantitative estimate of drug-likeness (QED) is 0.676. The number of ether oxygens (including phenoxy) is 1. The third kappa shape index (κ3) is 7.39. The molecular weight excluding hydrogens is 395 g/mol. The lowest BCUT2D eigenvalue weighted by Gasteiger charge is -2.29. The average molecular weight is 429 g/mol. The highest BCUT2D eigenvalue weighted by Crippen LogP contribution is 2.24. The van der Waals surface area contributed by atoms with Crippen LogP contribution in [0.1, 0.15) is 52.7 Å². The van der Waals surface area contributed by atoms with Crippen molar-refractivity contribution in [2.24, 2.45) is 0 Å². The van der Waals surface area contributed by atoms with Gasteiger partial charge >= 0.3 is 0 Å². The molecule has 0 radical (unpaired) electrons. The second-order valence-corrected chi connectivity index (χ2v) is 9.05. The van der Waals surface area contributed by atoms with Gasteiger partial charge in [-0.15, -0.1) is 0 Å². The minimum absolute atomic E-state index is 0.0273. The first-order chi connectivity index (χ1) is 14.5. The number of benzene rings is 2. The maximum Gasteiger partial charge on any atom is 0.261 e. The monoisotopic (exact) mass is 428 g/mol. The molecule has 31 heavy (non-hydrogen) atoms. The van der Waals surface area contributed by atoms with Gasteiger partial charge in [-0.25, -0.2) is 4.39 Å². The molecule has 0 saturated carbocycles. The van der Waals surface area contributed by atoms with Crippen LogP contribution in [0.4, 0.5) is 4.39 Å². The number of hydrogen-bond acceptors (Lipinski definition) is 3. The molecule has 0 bridgehead atoms. The Morgan fingerprint density at radius 2 is 1.58 bits per heavy atom. The smallest absolute Gasteiger partial charge is 0.261 e. The van der Waals surface area contributed by atoms with Gasteiger partial charge in [-0.05, 0) is 61.6 Å². The Kier molecular flexibility index (Phi) is 8.20. The summed E-state index contributed by atoms with van der Waals surface area (Å²) in [6.45, 7) is 11.8. The summed E-state index contributed by atoms with van der Waals surface area (Å²) < 4.78 is 19.0. The van der Waals surface area contributed by atoms with Gasteiger partial charge in [-0.1, -0.05) is 45.0 Å². The summed E-state index contributed by atoms with van der Waals surface area (Å²) in [4.78, 5) is 27.0. The van der Waals surface area contributed by atoms with Gasteiger partial charge in [0.2, 0.25) is 5.91 Å². The molecule has 0 saturated heterocycles. The van der Waals surface area contributed by atoms with E-state index in [9.17, 15) is 14.0 Å². The summed E-state index contributed by atoms with van der Waals surface area (Å²) in [5.41, 5.74) is 1.93. The first kappa shape index (κ1) is 24.4. The van der Waals surface area contributed by atoms with E-state index in [0.29, 0.717) is 5.75 Å². The van der Waals surface area contributed by atoms with Crippen molar-refractivity contribution in [2.45, 2.75) is 65.6 Å². The number of rotatable bonds is 8. The molecule has 168 valence electrons. The summed E-state index contributed by atoms with van der Waals surface area (Å²) in [7, 11) is 0. The lowest BCUT2D eigenvalue weighted by molar-refractivity contribution is -0.142. The van der Waals surface area contributed by atoms with E-state index in [1.807, 2.05) is 38.1 Å². The van der Waals surface area contributed by atoms with Gasteiger partial charge in [0, 0.05) is 12.6 Å². The van der Waals surface area contributed by atoms with Crippen molar-refractivity contribution in [3.8, 4) is 5.75 Å². The fourth-order valence-corrected chi connectivity index (χ4v) is 3.05. The van der Waals surface area contributed by atoms with Gasteiger partial charge in [-0.3, -0.25) is 9.59 Å². The molecule has 6 heteroatoms. The van der Waals surface area contributed by atoms with Crippen molar-refractivity contribution >= 4 is 11.8 Å². The van der Waals surface area contributed by atoms with E-state index in [0.717, 1.165) is 5.56 Å². The minimum Gasteiger partial charge on any atom is -0.484 e. The molecule has 0 spiro atoms. The number of hydrogen-bond donors (Lipinski definition) is 1. The Balaban J connectivity index is 2.12. The summed E-state index contributed by atoms with van der Waals surface area (Å²) >= 11 is 0. The number of carbonyl (C=O) groups excluding carboxylic acids is 2. The molecule has 2 aromatic rings.